The predicted octanol–water partition coefficient (Wildman–Crippen LogP) is 1.04. The Balaban J connectivity index is 2.53. The van der Waals surface area contributed by atoms with Gasteiger partial charge in [0.25, 0.3) is 0 Å². The number of aromatic nitrogens is 1. The number of fused-ring (bicyclic) bond motifs is 1. The van der Waals surface area contributed by atoms with Gasteiger partial charge in [-0.2, -0.15) is 5.26 Å². The Labute approximate surface area is 74.4 Å². The Morgan fingerprint density at radius 2 is 2.42 bits per heavy atom. The van der Waals surface area contributed by atoms with Crippen LogP contribution in [0.3, 0.4) is 0 Å². The Hall–Kier alpha value is -1.08. The maximum atomic E-state index is 8.54. The zero-order valence-electron chi connectivity index (χ0n) is 6.63. The van der Waals surface area contributed by atoms with Crippen molar-refractivity contribution in [2.75, 3.05) is 0 Å². The molecule has 3 nitrogen and oxygen atoms in total. The highest BCUT2D eigenvalue weighted by Crippen LogP contribution is 2.23. The summed E-state index contributed by atoms with van der Waals surface area (Å²) in [5.74, 6) is 0. The van der Waals surface area contributed by atoms with Gasteiger partial charge in [0.05, 0.1) is 6.07 Å². The second-order valence-electron chi connectivity index (χ2n) is 2.87. The highest BCUT2D eigenvalue weighted by molar-refractivity contribution is 7.09. The first-order valence-corrected chi connectivity index (χ1v) is 4.77. The zero-order chi connectivity index (χ0) is 8.55. The summed E-state index contributed by atoms with van der Waals surface area (Å²) in [4.78, 5) is 1.84. The lowest BCUT2D eigenvalue weighted by Gasteiger charge is -1.98. The molecule has 1 N–H and O–H groups in total. The standard InChI is InChI=1S/C8H9N3S/c9-4-5-11-6-2-1-3-7(6)12-8(11)10/h10H,1-3,5H2. The Bertz CT molecular complexity index is 393. The average molecular weight is 179 g/mol. The van der Waals surface area contributed by atoms with Crippen molar-refractivity contribution >= 4 is 11.3 Å². The second kappa shape index (κ2) is 2.76. The summed E-state index contributed by atoms with van der Waals surface area (Å²) < 4.78 is 1.83. The summed E-state index contributed by atoms with van der Waals surface area (Å²) in [6.07, 6.45) is 3.34. The van der Waals surface area contributed by atoms with Gasteiger partial charge in [0, 0.05) is 10.6 Å². The Morgan fingerprint density at radius 3 is 3.17 bits per heavy atom. The minimum absolute atomic E-state index is 0.338. The van der Waals surface area contributed by atoms with Crippen LogP contribution in [0.2, 0.25) is 0 Å². The molecule has 1 heterocycles. The van der Waals surface area contributed by atoms with Crippen LogP contribution in [-0.4, -0.2) is 4.57 Å². The van der Waals surface area contributed by atoms with Crippen LogP contribution in [0.1, 0.15) is 17.0 Å². The van der Waals surface area contributed by atoms with Crippen LogP contribution < -0.4 is 4.80 Å². The molecule has 4 heteroatoms. The largest absolute Gasteiger partial charge is 0.307 e. The normalized spacial score (nSPS) is 14.2. The van der Waals surface area contributed by atoms with E-state index in [1.807, 2.05) is 4.57 Å². The van der Waals surface area contributed by atoms with Crippen LogP contribution in [-0.2, 0) is 19.4 Å². The molecule has 0 saturated carbocycles. The SMILES string of the molecule is N#CCn1c2c(sc1=N)CCC2. The van der Waals surface area contributed by atoms with Crippen LogP contribution in [0.15, 0.2) is 0 Å². The van der Waals surface area contributed by atoms with Crippen LogP contribution in [0, 0.1) is 16.7 Å². The van der Waals surface area contributed by atoms with E-state index in [-0.39, 0.29) is 0 Å². The minimum Gasteiger partial charge on any atom is -0.307 e. The van der Waals surface area contributed by atoms with Gasteiger partial charge in [-0.1, -0.05) is 0 Å². The third-order valence-electron chi connectivity index (χ3n) is 2.16. The van der Waals surface area contributed by atoms with Gasteiger partial charge >= 0.3 is 0 Å². The third-order valence-corrected chi connectivity index (χ3v) is 3.26. The molecular weight excluding hydrogens is 170 g/mol. The lowest BCUT2D eigenvalue weighted by atomic mass is 10.3. The monoisotopic (exact) mass is 179 g/mol. The van der Waals surface area contributed by atoms with E-state index < -0.39 is 0 Å². The van der Waals surface area contributed by atoms with Gasteiger partial charge in [-0.3, -0.25) is 5.41 Å². The summed E-state index contributed by atoms with van der Waals surface area (Å²) in [5.41, 5.74) is 1.23. The molecule has 1 aliphatic rings. The fourth-order valence-corrected chi connectivity index (χ4v) is 2.72. The van der Waals surface area contributed by atoms with E-state index in [1.54, 1.807) is 0 Å². The lowest BCUT2D eigenvalue weighted by Crippen LogP contribution is -2.14. The summed E-state index contributed by atoms with van der Waals surface area (Å²) >= 11 is 1.52. The number of nitrogens with one attached hydrogen (secondary N) is 1. The minimum atomic E-state index is 0.338. The maximum Gasteiger partial charge on any atom is 0.183 e. The van der Waals surface area contributed by atoms with Crippen LogP contribution in [0.4, 0.5) is 0 Å². The molecule has 0 aromatic carbocycles. The van der Waals surface area contributed by atoms with Crippen molar-refractivity contribution in [3.8, 4) is 6.07 Å². The average Bonchev–Trinajstić information content (AvgIpc) is 2.56. The van der Waals surface area contributed by atoms with Crippen molar-refractivity contribution in [2.45, 2.75) is 25.8 Å². The van der Waals surface area contributed by atoms with Crippen molar-refractivity contribution in [2.24, 2.45) is 0 Å². The number of rotatable bonds is 1. The molecule has 0 bridgehead atoms. The molecule has 0 atom stereocenters. The predicted molar refractivity (Wildman–Crippen MR) is 45.8 cm³/mol. The van der Waals surface area contributed by atoms with Crippen molar-refractivity contribution in [3.05, 3.63) is 15.4 Å². The molecule has 0 radical (unpaired) electrons. The summed E-state index contributed by atoms with van der Waals surface area (Å²) in [5, 5.41) is 16.1. The highest BCUT2D eigenvalue weighted by Gasteiger charge is 2.17. The first kappa shape index (κ1) is 7.56. The van der Waals surface area contributed by atoms with Crippen molar-refractivity contribution in [1.82, 2.24) is 4.57 Å². The molecule has 12 heavy (non-hydrogen) atoms. The van der Waals surface area contributed by atoms with Crippen molar-refractivity contribution in [3.63, 3.8) is 0 Å². The summed E-state index contributed by atoms with van der Waals surface area (Å²) in [6.45, 7) is 0.338. The van der Waals surface area contributed by atoms with E-state index in [0.29, 0.717) is 11.3 Å². The quantitative estimate of drug-likeness (QED) is 0.688. The van der Waals surface area contributed by atoms with E-state index in [4.69, 9.17) is 10.7 Å². The molecule has 0 amide bonds. The van der Waals surface area contributed by atoms with Gasteiger partial charge < -0.3 is 4.57 Å². The molecular formula is C8H9N3S. The van der Waals surface area contributed by atoms with Crippen LogP contribution >= 0.6 is 11.3 Å². The van der Waals surface area contributed by atoms with Gasteiger partial charge in [0.1, 0.15) is 6.54 Å². The molecule has 0 spiro atoms. The molecule has 1 aromatic heterocycles. The maximum absolute atomic E-state index is 8.54. The molecule has 1 aliphatic carbocycles. The molecule has 62 valence electrons. The number of aryl methyl sites for hydroxylation is 1. The van der Waals surface area contributed by atoms with Gasteiger partial charge in [-0.15, -0.1) is 11.3 Å². The molecule has 1 aromatic rings. The number of hydrogen-bond donors (Lipinski definition) is 1. The van der Waals surface area contributed by atoms with E-state index >= 15 is 0 Å². The Kier molecular flexibility index (Phi) is 1.74. The van der Waals surface area contributed by atoms with Crippen molar-refractivity contribution in [1.29, 1.82) is 10.7 Å². The first-order chi connectivity index (χ1) is 5.83. The lowest BCUT2D eigenvalue weighted by molar-refractivity contribution is 0.728. The van der Waals surface area contributed by atoms with Crippen LogP contribution in [0.5, 0.6) is 0 Å². The highest BCUT2D eigenvalue weighted by atomic mass is 32.1. The Morgan fingerprint density at radius 1 is 1.58 bits per heavy atom. The second-order valence-corrected chi connectivity index (χ2v) is 3.96. The van der Waals surface area contributed by atoms with E-state index in [9.17, 15) is 0 Å². The number of nitrogens with zero attached hydrogens (tertiary/aromatic N) is 2. The number of nitriles is 1. The fourth-order valence-electron chi connectivity index (χ4n) is 1.63. The topological polar surface area (TPSA) is 52.6 Å². The zero-order valence-corrected chi connectivity index (χ0v) is 7.45. The molecule has 0 fully saturated rings. The summed E-state index contributed by atoms with van der Waals surface area (Å²) in [7, 11) is 0. The van der Waals surface area contributed by atoms with Crippen LogP contribution in [0.25, 0.3) is 0 Å². The van der Waals surface area contributed by atoms with E-state index in [1.165, 1.54) is 28.3 Å². The fraction of sp³-hybridized carbons (Fsp3) is 0.500. The molecule has 2 rings (SSSR count). The summed E-state index contributed by atoms with van der Waals surface area (Å²) in [6, 6.07) is 2.09. The smallest absolute Gasteiger partial charge is 0.183 e. The van der Waals surface area contributed by atoms with Gasteiger partial charge in [-0.05, 0) is 19.3 Å². The van der Waals surface area contributed by atoms with Gasteiger partial charge in [-0.25, -0.2) is 0 Å². The van der Waals surface area contributed by atoms with E-state index in [0.717, 1.165) is 12.8 Å². The number of hydrogen-bond acceptors (Lipinski definition) is 3. The van der Waals surface area contributed by atoms with Gasteiger partial charge in [0.15, 0.2) is 4.80 Å². The molecule has 0 aliphatic heterocycles. The third kappa shape index (κ3) is 0.978. The first-order valence-electron chi connectivity index (χ1n) is 3.96. The van der Waals surface area contributed by atoms with Gasteiger partial charge in [0.2, 0.25) is 0 Å². The molecule has 0 saturated heterocycles. The van der Waals surface area contributed by atoms with E-state index in [2.05, 4.69) is 6.07 Å². The molecule has 0 unspecified atom stereocenters. The van der Waals surface area contributed by atoms with Crippen molar-refractivity contribution < 1.29 is 0 Å². The number of thiazole rings is 1.